The summed E-state index contributed by atoms with van der Waals surface area (Å²) in [6, 6.07) is 37.9. The molecule has 0 spiro atoms. The Kier molecular flexibility index (Phi) is 7.64. The fourth-order valence-corrected chi connectivity index (χ4v) is 7.39. The molecule has 4 nitrogen and oxygen atoms in total. The average Bonchev–Trinajstić information content (AvgIpc) is 3.67. The summed E-state index contributed by atoms with van der Waals surface area (Å²) in [6.45, 7) is 18.3. The zero-order chi connectivity index (χ0) is 32.9. The number of rotatable bonds is 4. The van der Waals surface area contributed by atoms with E-state index in [0.29, 0.717) is 0 Å². The first kappa shape index (κ1) is 32.5. The van der Waals surface area contributed by atoms with Crippen LogP contribution in [0.25, 0.3) is 54.4 Å². The Labute approximate surface area is 297 Å². The standard InChI is InChI=1S/C43H42N4.Pt/c1-41(2,3)25-27-17-19-31-33(21-27)29-13-9-11-15-35(29)46-37(31)23-39(44-46)43(7,8)40-24-38-32-20-18-28(26-42(4,5)6)22-34(32)30-14-10-12-16-36(30)47(38)45-40;/h9-14,17-24H,25-26H2,1-8H3;/q-2;+2. The van der Waals surface area contributed by atoms with Crippen molar-refractivity contribution < 1.29 is 21.1 Å². The van der Waals surface area contributed by atoms with Crippen LogP contribution in [0.15, 0.2) is 84.9 Å². The number of pyridine rings is 2. The maximum atomic E-state index is 5.29. The van der Waals surface area contributed by atoms with Gasteiger partial charge in [-0.15, -0.1) is 10.8 Å². The molecule has 0 aliphatic rings. The monoisotopic (exact) mass is 809 g/mol. The van der Waals surface area contributed by atoms with E-state index in [1.807, 2.05) is 12.1 Å². The van der Waals surface area contributed by atoms with Gasteiger partial charge in [-0.2, -0.15) is 58.7 Å². The number of benzene rings is 4. The third-order valence-corrected chi connectivity index (χ3v) is 9.56. The van der Waals surface area contributed by atoms with E-state index in [1.54, 1.807) is 0 Å². The zero-order valence-electron chi connectivity index (χ0n) is 29.1. The number of aromatic nitrogens is 4. The molecule has 0 radical (unpaired) electrons. The maximum Gasteiger partial charge on any atom is 2.00 e. The van der Waals surface area contributed by atoms with Crippen molar-refractivity contribution in [3.05, 3.63) is 120 Å². The van der Waals surface area contributed by atoms with Crippen LogP contribution < -0.4 is 0 Å². The largest absolute Gasteiger partial charge is 2.00 e. The van der Waals surface area contributed by atoms with Crippen LogP contribution in [-0.2, 0) is 39.3 Å². The van der Waals surface area contributed by atoms with E-state index < -0.39 is 5.41 Å². The fourth-order valence-electron chi connectivity index (χ4n) is 7.39. The molecule has 48 heavy (non-hydrogen) atoms. The van der Waals surface area contributed by atoms with Gasteiger partial charge in [0, 0.05) is 0 Å². The molecule has 0 atom stereocenters. The Morgan fingerprint density at radius 1 is 0.521 bits per heavy atom. The van der Waals surface area contributed by atoms with Gasteiger partial charge in [0.05, 0.1) is 27.8 Å². The van der Waals surface area contributed by atoms with Gasteiger partial charge in [0.2, 0.25) is 0 Å². The van der Waals surface area contributed by atoms with Crippen LogP contribution in [0.5, 0.6) is 0 Å². The van der Waals surface area contributed by atoms with E-state index >= 15 is 0 Å². The SMILES string of the molecule is CC(C)(C)Cc1ccc2c(c1)c1ccc[c-]c1n1nc(C(C)(C)c3cc4c5ccc(CC(C)(C)C)cc5c5ccc[c-]c5n4n3)cc21.[Pt+2]. The van der Waals surface area contributed by atoms with Crippen molar-refractivity contribution in [3.8, 4) is 0 Å². The minimum Gasteiger partial charge on any atom is -0.257 e. The molecule has 8 rings (SSSR count). The van der Waals surface area contributed by atoms with Gasteiger partial charge in [-0.05, 0) is 82.6 Å². The summed E-state index contributed by atoms with van der Waals surface area (Å²) in [5, 5.41) is 17.8. The molecule has 0 aliphatic heterocycles. The minimum absolute atomic E-state index is 0. The Bertz CT molecular complexity index is 2340. The van der Waals surface area contributed by atoms with Crippen molar-refractivity contribution in [2.24, 2.45) is 10.8 Å². The Morgan fingerprint density at radius 2 is 0.938 bits per heavy atom. The molecule has 244 valence electrons. The van der Waals surface area contributed by atoms with E-state index in [1.165, 1.54) is 43.4 Å². The normalized spacial score (nSPS) is 13.0. The van der Waals surface area contributed by atoms with Crippen LogP contribution in [0.2, 0.25) is 0 Å². The molecule has 8 aromatic rings. The van der Waals surface area contributed by atoms with Gasteiger partial charge in [-0.25, -0.2) is 0 Å². The number of hydrogen-bond acceptors (Lipinski definition) is 2. The van der Waals surface area contributed by atoms with Crippen LogP contribution in [0.1, 0.15) is 77.9 Å². The first-order valence-electron chi connectivity index (χ1n) is 16.8. The van der Waals surface area contributed by atoms with Gasteiger partial charge in [0.25, 0.3) is 0 Å². The van der Waals surface area contributed by atoms with Gasteiger partial charge in [0.15, 0.2) is 0 Å². The van der Waals surface area contributed by atoms with Crippen molar-refractivity contribution in [2.75, 3.05) is 0 Å². The second kappa shape index (κ2) is 11.3. The molecule has 4 aromatic heterocycles. The van der Waals surface area contributed by atoms with Crippen molar-refractivity contribution in [1.29, 1.82) is 0 Å². The van der Waals surface area contributed by atoms with Crippen LogP contribution in [0.3, 0.4) is 0 Å². The van der Waals surface area contributed by atoms with E-state index in [2.05, 4.69) is 149 Å². The number of nitrogens with zero attached hydrogens (tertiary/aromatic N) is 4. The second-order valence-electron chi connectivity index (χ2n) is 16.4. The van der Waals surface area contributed by atoms with Gasteiger partial charge >= 0.3 is 21.1 Å². The molecule has 0 unspecified atom stereocenters. The Hall–Kier alpha value is -4.01. The quantitative estimate of drug-likeness (QED) is 0.131. The summed E-state index contributed by atoms with van der Waals surface area (Å²) in [5.74, 6) is 0. The smallest absolute Gasteiger partial charge is 0.257 e. The molecule has 4 aromatic carbocycles. The molecule has 0 bridgehead atoms. The van der Waals surface area contributed by atoms with E-state index in [-0.39, 0.29) is 31.9 Å². The van der Waals surface area contributed by atoms with Crippen LogP contribution in [0.4, 0.5) is 0 Å². The second-order valence-corrected chi connectivity index (χ2v) is 16.4. The van der Waals surface area contributed by atoms with E-state index in [4.69, 9.17) is 10.2 Å². The predicted molar refractivity (Wildman–Crippen MR) is 197 cm³/mol. The molecule has 4 heterocycles. The first-order chi connectivity index (χ1) is 22.3. The minimum atomic E-state index is -0.461. The molecule has 0 N–H and O–H groups in total. The summed E-state index contributed by atoms with van der Waals surface area (Å²) in [6.07, 6.45) is 2.05. The van der Waals surface area contributed by atoms with Crippen LogP contribution >= 0.6 is 0 Å². The summed E-state index contributed by atoms with van der Waals surface area (Å²) in [5.41, 5.74) is 8.82. The van der Waals surface area contributed by atoms with Crippen molar-refractivity contribution in [2.45, 2.75) is 73.6 Å². The molecule has 5 heteroatoms. The van der Waals surface area contributed by atoms with Gasteiger partial charge in [-0.3, -0.25) is 9.03 Å². The predicted octanol–water partition coefficient (Wildman–Crippen LogP) is 10.7. The number of fused-ring (bicyclic) bond motifs is 12. The molecular weight excluding hydrogens is 768 g/mol. The van der Waals surface area contributed by atoms with Gasteiger partial charge < -0.3 is 0 Å². The topological polar surface area (TPSA) is 34.6 Å². The summed E-state index contributed by atoms with van der Waals surface area (Å²) in [7, 11) is 0. The number of hydrogen-bond donors (Lipinski definition) is 0. The molecule has 0 saturated heterocycles. The third-order valence-electron chi connectivity index (χ3n) is 9.56. The van der Waals surface area contributed by atoms with E-state index in [0.717, 1.165) is 46.3 Å². The molecule has 0 aliphatic carbocycles. The molecule has 0 amide bonds. The number of para-hydroxylation sites is 2. The fraction of sp³-hybridized carbons (Fsp3) is 0.302. The van der Waals surface area contributed by atoms with Crippen LogP contribution in [-0.4, -0.2) is 19.2 Å². The molecular formula is C43H42N4Pt. The van der Waals surface area contributed by atoms with Gasteiger partial charge in [0.1, 0.15) is 0 Å². The Balaban J connectivity index is 0.00000364. The van der Waals surface area contributed by atoms with Crippen molar-refractivity contribution >= 4 is 54.4 Å². The van der Waals surface area contributed by atoms with E-state index in [9.17, 15) is 0 Å². The van der Waals surface area contributed by atoms with Crippen molar-refractivity contribution in [3.63, 3.8) is 0 Å². The molecule has 0 fully saturated rings. The van der Waals surface area contributed by atoms with Gasteiger partial charge in [-0.1, -0.05) is 88.7 Å². The third kappa shape index (κ3) is 5.43. The maximum absolute atomic E-state index is 5.29. The first-order valence-corrected chi connectivity index (χ1v) is 16.8. The summed E-state index contributed by atoms with van der Waals surface area (Å²) < 4.78 is 4.17. The molecule has 0 saturated carbocycles. The van der Waals surface area contributed by atoms with Crippen LogP contribution in [0, 0.1) is 23.0 Å². The summed E-state index contributed by atoms with van der Waals surface area (Å²) >= 11 is 0. The Morgan fingerprint density at radius 3 is 1.33 bits per heavy atom. The average molecular weight is 810 g/mol. The van der Waals surface area contributed by atoms with Crippen molar-refractivity contribution in [1.82, 2.24) is 19.2 Å². The zero-order valence-corrected chi connectivity index (χ0v) is 31.4. The summed E-state index contributed by atoms with van der Waals surface area (Å²) in [4.78, 5) is 0.